The molecule has 0 spiro atoms. The van der Waals surface area contributed by atoms with Crippen LogP contribution < -0.4 is 10.6 Å². The van der Waals surface area contributed by atoms with Crippen LogP contribution in [0.1, 0.15) is 23.7 Å². The maximum absolute atomic E-state index is 12.2. The number of benzene rings is 1. The summed E-state index contributed by atoms with van der Waals surface area (Å²) in [4.78, 5) is 12.2. The Kier molecular flexibility index (Phi) is 6.60. The summed E-state index contributed by atoms with van der Waals surface area (Å²) >= 11 is 9.30. The summed E-state index contributed by atoms with van der Waals surface area (Å²) in [5.41, 5.74) is 0.584. The van der Waals surface area contributed by atoms with Crippen LogP contribution in [-0.4, -0.2) is 25.0 Å². The molecule has 2 atom stereocenters. The van der Waals surface area contributed by atoms with Gasteiger partial charge in [-0.2, -0.15) is 0 Å². The maximum atomic E-state index is 12.2. The first kappa shape index (κ1) is 16.8. The van der Waals surface area contributed by atoms with Crippen LogP contribution in [0.5, 0.6) is 0 Å². The monoisotopic (exact) mass is 366 g/mol. The summed E-state index contributed by atoms with van der Waals surface area (Å²) in [6.07, 6.45) is 1.08. The molecule has 6 heteroatoms. The van der Waals surface area contributed by atoms with E-state index in [1.54, 1.807) is 18.2 Å². The van der Waals surface area contributed by atoms with E-state index in [-0.39, 0.29) is 24.4 Å². The number of carbonyl (C=O) groups is 1. The molecule has 3 nitrogen and oxygen atoms in total. The van der Waals surface area contributed by atoms with E-state index in [1.807, 2.05) is 0 Å². The minimum absolute atomic E-state index is 0. The molecule has 19 heavy (non-hydrogen) atoms. The Morgan fingerprint density at radius 1 is 1.53 bits per heavy atom. The number of piperidine rings is 1. The molecular formula is C13H17BrCl2N2O. The summed E-state index contributed by atoms with van der Waals surface area (Å²) in [5, 5.41) is 6.93. The quantitative estimate of drug-likeness (QED) is 0.842. The summed E-state index contributed by atoms with van der Waals surface area (Å²) in [5.74, 6) is 0.415. The first-order valence-corrected chi connectivity index (χ1v) is 7.21. The highest BCUT2D eigenvalue weighted by Gasteiger charge is 2.23. The first-order valence-electron chi connectivity index (χ1n) is 6.04. The van der Waals surface area contributed by atoms with Crippen molar-refractivity contribution in [2.75, 3.05) is 13.1 Å². The minimum Gasteiger partial charge on any atom is -0.348 e. The third-order valence-corrected chi connectivity index (χ3v) is 4.24. The molecule has 2 unspecified atom stereocenters. The molecular weight excluding hydrogens is 351 g/mol. The zero-order valence-corrected chi connectivity index (χ0v) is 13.7. The predicted octanol–water partition coefficient (Wildman–Crippen LogP) is 3.25. The lowest BCUT2D eigenvalue weighted by Crippen LogP contribution is -2.50. The van der Waals surface area contributed by atoms with Gasteiger partial charge in [-0.05, 0) is 53.0 Å². The first-order chi connectivity index (χ1) is 8.58. The van der Waals surface area contributed by atoms with E-state index in [4.69, 9.17) is 11.6 Å². The SMILES string of the molecule is CC1CCNCC1NC(=O)c1cc(Cl)ccc1Br.Cl. The second-order valence-electron chi connectivity index (χ2n) is 4.67. The zero-order valence-electron chi connectivity index (χ0n) is 10.6. The molecule has 1 amide bonds. The van der Waals surface area contributed by atoms with Gasteiger partial charge in [-0.1, -0.05) is 18.5 Å². The number of rotatable bonds is 2. The van der Waals surface area contributed by atoms with E-state index in [1.165, 1.54) is 0 Å². The molecule has 0 aromatic heterocycles. The fourth-order valence-corrected chi connectivity index (χ4v) is 2.70. The second kappa shape index (κ2) is 7.48. The molecule has 0 aliphatic carbocycles. The third-order valence-electron chi connectivity index (χ3n) is 3.32. The predicted molar refractivity (Wildman–Crippen MR) is 84.3 cm³/mol. The molecule has 0 bridgehead atoms. The van der Waals surface area contributed by atoms with Gasteiger partial charge in [-0.15, -0.1) is 12.4 Å². The van der Waals surface area contributed by atoms with Gasteiger partial charge in [0.05, 0.1) is 5.56 Å². The second-order valence-corrected chi connectivity index (χ2v) is 5.96. The van der Waals surface area contributed by atoms with Crippen LogP contribution in [0.25, 0.3) is 0 Å². The zero-order chi connectivity index (χ0) is 13.1. The van der Waals surface area contributed by atoms with Crippen LogP contribution in [-0.2, 0) is 0 Å². The van der Waals surface area contributed by atoms with Crippen LogP contribution in [0.2, 0.25) is 5.02 Å². The molecule has 106 valence electrons. The highest BCUT2D eigenvalue weighted by atomic mass is 79.9. The van der Waals surface area contributed by atoms with Gasteiger partial charge in [0.2, 0.25) is 0 Å². The summed E-state index contributed by atoms with van der Waals surface area (Å²) < 4.78 is 0.765. The number of halogens is 3. The van der Waals surface area contributed by atoms with Crippen molar-refractivity contribution in [2.45, 2.75) is 19.4 Å². The highest BCUT2D eigenvalue weighted by Crippen LogP contribution is 2.22. The number of hydrogen-bond acceptors (Lipinski definition) is 2. The van der Waals surface area contributed by atoms with Crippen molar-refractivity contribution in [1.82, 2.24) is 10.6 Å². The molecule has 1 saturated heterocycles. The van der Waals surface area contributed by atoms with Gasteiger partial charge < -0.3 is 10.6 Å². The van der Waals surface area contributed by atoms with E-state index in [9.17, 15) is 4.79 Å². The molecule has 2 rings (SSSR count). The molecule has 1 aliphatic heterocycles. The van der Waals surface area contributed by atoms with Crippen LogP contribution in [0, 0.1) is 5.92 Å². The van der Waals surface area contributed by atoms with Gasteiger partial charge in [0, 0.05) is 22.1 Å². The van der Waals surface area contributed by atoms with Crippen molar-refractivity contribution < 1.29 is 4.79 Å². The lowest BCUT2D eigenvalue weighted by Gasteiger charge is -2.30. The summed E-state index contributed by atoms with van der Waals surface area (Å²) in [7, 11) is 0. The van der Waals surface area contributed by atoms with E-state index >= 15 is 0 Å². The van der Waals surface area contributed by atoms with Gasteiger partial charge >= 0.3 is 0 Å². The van der Waals surface area contributed by atoms with Gasteiger partial charge in [0.25, 0.3) is 5.91 Å². The Bertz CT molecular complexity index is 456. The van der Waals surface area contributed by atoms with Gasteiger partial charge in [0.1, 0.15) is 0 Å². The molecule has 1 fully saturated rings. The van der Waals surface area contributed by atoms with Crippen molar-refractivity contribution in [3.8, 4) is 0 Å². The molecule has 1 aromatic rings. The van der Waals surface area contributed by atoms with E-state index in [0.29, 0.717) is 16.5 Å². The third kappa shape index (κ3) is 4.35. The number of amides is 1. The van der Waals surface area contributed by atoms with E-state index in [0.717, 1.165) is 24.0 Å². The Hall–Kier alpha value is -0.290. The molecule has 1 heterocycles. The molecule has 2 N–H and O–H groups in total. The Morgan fingerprint density at radius 3 is 2.95 bits per heavy atom. The van der Waals surface area contributed by atoms with E-state index < -0.39 is 0 Å². The van der Waals surface area contributed by atoms with Gasteiger partial charge in [-0.3, -0.25) is 4.79 Å². The van der Waals surface area contributed by atoms with Crippen molar-refractivity contribution in [3.05, 3.63) is 33.3 Å². The fourth-order valence-electron chi connectivity index (χ4n) is 2.10. The lowest BCUT2D eigenvalue weighted by atomic mass is 9.94. The summed E-state index contributed by atoms with van der Waals surface area (Å²) in [6.45, 7) is 4.01. The lowest BCUT2D eigenvalue weighted by molar-refractivity contribution is 0.0914. The number of nitrogens with one attached hydrogen (secondary N) is 2. The Balaban J connectivity index is 0.00000180. The van der Waals surface area contributed by atoms with E-state index in [2.05, 4.69) is 33.5 Å². The summed E-state index contributed by atoms with van der Waals surface area (Å²) in [6, 6.07) is 5.41. The molecule has 0 radical (unpaired) electrons. The fraction of sp³-hybridized carbons (Fsp3) is 0.462. The minimum atomic E-state index is -0.0788. The van der Waals surface area contributed by atoms with Crippen molar-refractivity contribution in [2.24, 2.45) is 5.92 Å². The Morgan fingerprint density at radius 2 is 2.26 bits per heavy atom. The van der Waals surface area contributed by atoms with Gasteiger partial charge in [0.15, 0.2) is 0 Å². The average molecular weight is 368 g/mol. The normalized spacial score (nSPS) is 22.5. The topological polar surface area (TPSA) is 41.1 Å². The van der Waals surface area contributed by atoms with Gasteiger partial charge in [-0.25, -0.2) is 0 Å². The Labute approximate surface area is 133 Å². The van der Waals surface area contributed by atoms with Crippen LogP contribution in [0.15, 0.2) is 22.7 Å². The molecule has 1 aliphatic rings. The standard InChI is InChI=1S/C13H16BrClN2O.ClH/c1-8-4-5-16-7-12(8)17-13(18)10-6-9(15)2-3-11(10)14;/h2-3,6,8,12,16H,4-5,7H2,1H3,(H,17,18);1H. The van der Waals surface area contributed by atoms with Crippen molar-refractivity contribution in [3.63, 3.8) is 0 Å². The largest absolute Gasteiger partial charge is 0.348 e. The number of hydrogen-bond donors (Lipinski definition) is 2. The average Bonchev–Trinajstić information content (AvgIpc) is 2.35. The molecule has 0 saturated carbocycles. The maximum Gasteiger partial charge on any atom is 0.252 e. The van der Waals surface area contributed by atoms with Crippen molar-refractivity contribution >= 4 is 45.8 Å². The highest BCUT2D eigenvalue weighted by molar-refractivity contribution is 9.10. The van der Waals surface area contributed by atoms with Crippen molar-refractivity contribution in [1.29, 1.82) is 0 Å². The van der Waals surface area contributed by atoms with Crippen LogP contribution in [0.4, 0.5) is 0 Å². The smallest absolute Gasteiger partial charge is 0.252 e. The molecule has 1 aromatic carbocycles. The number of carbonyl (C=O) groups excluding carboxylic acids is 1. The van der Waals surface area contributed by atoms with Crippen LogP contribution >= 0.6 is 39.9 Å². The van der Waals surface area contributed by atoms with Crippen LogP contribution in [0.3, 0.4) is 0 Å².